The average Bonchev–Trinajstić information content (AvgIpc) is 2.72. The van der Waals surface area contributed by atoms with E-state index in [4.69, 9.17) is 11.6 Å². The van der Waals surface area contributed by atoms with Gasteiger partial charge in [-0.05, 0) is 61.4 Å². The van der Waals surface area contributed by atoms with Crippen LogP contribution in [0.3, 0.4) is 0 Å². The monoisotopic (exact) mass is 423 g/mol. The number of carbonyl (C=O) groups is 2. The lowest BCUT2D eigenvalue weighted by Gasteiger charge is -2.08. The van der Waals surface area contributed by atoms with Crippen molar-refractivity contribution in [3.63, 3.8) is 0 Å². The molecule has 0 bridgehead atoms. The van der Waals surface area contributed by atoms with Gasteiger partial charge in [-0.25, -0.2) is 0 Å². The first-order valence-corrected chi connectivity index (χ1v) is 9.94. The Morgan fingerprint density at radius 1 is 1.03 bits per heavy atom. The zero-order valence-corrected chi connectivity index (χ0v) is 17.3. The summed E-state index contributed by atoms with van der Waals surface area (Å²) in [4.78, 5) is 39.3. The van der Waals surface area contributed by atoms with Gasteiger partial charge in [-0.3, -0.25) is 14.4 Å². The van der Waals surface area contributed by atoms with Crippen LogP contribution in [0.15, 0.2) is 65.5 Å². The van der Waals surface area contributed by atoms with Crippen molar-refractivity contribution in [2.75, 3.05) is 11.9 Å². The standard InChI is InChI=1S/C23H22ClN3O3/c1-15-4-2-5-16(14-15)20-12-11-19(23(30)27-20)22(29)25-13-3-6-21(28)26-18-9-7-17(24)8-10-18/h2,4-5,7-12,14H,3,6,13H2,1H3,(H,25,29)(H,26,28)(H,27,30). The van der Waals surface area contributed by atoms with E-state index < -0.39 is 11.5 Å². The van der Waals surface area contributed by atoms with Gasteiger partial charge >= 0.3 is 0 Å². The van der Waals surface area contributed by atoms with Gasteiger partial charge in [-0.1, -0.05) is 35.4 Å². The smallest absolute Gasteiger partial charge is 0.261 e. The molecule has 1 heterocycles. The van der Waals surface area contributed by atoms with Crippen molar-refractivity contribution < 1.29 is 9.59 Å². The van der Waals surface area contributed by atoms with Crippen LogP contribution in [0, 0.1) is 6.92 Å². The van der Waals surface area contributed by atoms with Crippen LogP contribution >= 0.6 is 11.6 Å². The predicted octanol–water partition coefficient (Wildman–Crippen LogP) is 4.15. The maximum absolute atomic E-state index is 12.3. The van der Waals surface area contributed by atoms with Crippen molar-refractivity contribution in [2.45, 2.75) is 19.8 Å². The number of aromatic amines is 1. The fourth-order valence-electron chi connectivity index (χ4n) is 2.94. The number of nitrogens with one attached hydrogen (secondary N) is 3. The molecular weight excluding hydrogens is 402 g/mol. The zero-order valence-electron chi connectivity index (χ0n) is 16.5. The van der Waals surface area contributed by atoms with E-state index >= 15 is 0 Å². The average molecular weight is 424 g/mol. The van der Waals surface area contributed by atoms with Crippen molar-refractivity contribution in [2.24, 2.45) is 0 Å². The van der Waals surface area contributed by atoms with E-state index in [0.29, 0.717) is 22.8 Å². The maximum Gasteiger partial charge on any atom is 0.261 e. The molecule has 2 aromatic carbocycles. The van der Waals surface area contributed by atoms with Gasteiger partial charge in [-0.15, -0.1) is 0 Å². The Labute approximate surface area is 179 Å². The van der Waals surface area contributed by atoms with E-state index in [1.54, 1.807) is 30.3 Å². The number of amides is 2. The summed E-state index contributed by atoms with van der Waals surface area (Å²) in [6.07, 6.45) is 0.690. The summed E-state index contributed by atoms with van der Waals surface area (Å²) in [6.45, 7) is 2.26. The molecule has 0 aliphatic heterocycles. The van der Waals surface area contributed by atoms with Crippen molar-refractivity contribution >= 4 is 29.1 Å². The number of H-pyrrole nitrogens is 1. The van der Waals surface area contributed by atoms with Crippen molar-refractivity contribution in [1.82, 2.24) is 10.3 Å². The van der Waals surface area contributed by atoms with Gasteiger partial charge in [0.15, 0.2) is 0 Å². The quantitative estimate of drug-likeness (QED) is 0.498. The van der Waals surface area contributed by atoms with E-state index in [2.05, 4.69) is 15.6 Å². The van der Waals surface area contributed by atoms with Gasteiger partial charge in [0.1, 0.15) is 5.56 Å². The van der Waals surface area contributed by atoms with Crippen LogP contribution < -0.4 is 16.2 Å². The SMILES string of the molecule is Cc1cccc(-c2ccc(C(=O)NCCCC(=O)Nc3ccc(Cl)cc3)c(=O)[nH]2)c1. The molecule has 0 fully saturated rings. The molecule has 0 radical (unpaired) electrons. The molecule has 2 amide bonds. The Balaban J connectivity index is 1.49. The summed E-state index contributed by atoms with van der Waals surface area (Å²) in [7, 11) is 0. The highest BCUT2D eigenvalue weighted by Crippen LogP contribution is 2.17. The molecule has 0 saturated carbocycles. The fraction of sp³-hybridized carbons (Fsp3) is 0.174. The van der Waals surface area contributed by atoms with Gasteiger partial charge in [-0.2, -0.15) is 0 Å². The van der Waals surface area contributed by atoms with Crippen LogP contribution in [0.5, 0.6) is 0 Å². The third-order valence-corrected chi connectivity index (χ3v) is 4.73. The minimum Gasteiger partial charge on any atom is -0.352 e. The molecule has 0 saturated heterocycles. The van der Waals surface area contributed by atoms with Gasteiger partial charge in [0.05, 0.1) is 0 Å². The summed E-state index contributed by atoms with van der Waals surface area (Å²) in [5, 5.41) is 6.03. The molecule has 30 heavy (non-hydrogen) atoms. The second-order valence-electron chi connectivity index (χ2n) is 6.90. The molecular formula is C23H22ClN3O3. The number of hydrogen-bond donors (Lipinski definition) is 3. The number of carbonyl (C=O) groups excluding carboxylic acids is 2. The molecule has 3 aromatic rings. The molecule has 3 rings (SSSR count). The summed E-state index contributed by atoms with van der Waals surface area (Å²) in [5.74, 6) is -0.628. The third kappa shape index (κ3) is 5.81. The number of hydrogen-bond acceptors (Lipinski definition) is 3. The topological polar surface area (TPSA) is 91.1 Å². The molecule has 3 N–H and O–H groups in total. The first-order chi connectivity index (χ1) is 14.4. The normalized spacial score (nSPS) is 10.5. The Morgan fingerprint density at radius 2 is 1.80 bits per heavy atom. The van der Waals surface area contributed by atoms with Crippen molar-refractivity contribution in [3.8, 4) is 11.3 Å². The summed E-state index contributed by atoms with van der Waals surface area (Å²) in [6, 6.07) is 17.8. The molecule has 0 atom stereocenters. The summed E-state index contributed by atoms with van der Waals surface area (Å²) < 4.78 is 0. The number of anilines is 1. The largest absolute Gasteiger partial charge is 0.352 e. The van der Waals surface area contributed by atoms with Crippen LogP contribution in [0.25, 0.3) is 11.3 Å². The van der Waals surface area contributed by atoms with Crippen LogP contribution in [-0.2, 0) is 4.79 Å². The van der Waals surface area contributed by atoms with Crippen LogP contribution in [0.1, 0.15) is 28.8 Å². The minimum absolute atomic E-state index is 0.0389. The van der Waals surface area contributed by atoms with Gasteiger partial charge < -0.3 is 15.6 Å². The second-order valence-corrected chi connectivity index (χ2v) is 7.34. The highest BCUT2D eigenvalue weighted by atomic mass is 35.5. The van der Waals surface area contributed by atoms with E-state index in [0.717, 1.165) is 11.1 Å². The van der Waals surface area contributed by atoms with Gasteiger partial charge in [0.2, 0.25) is 5.91 Å². The number of aryl methyl sites for hydroxylation is 1. The summed E-state index contributed by atoms with van der Waals surface area (Å²) >= 11 is 5.81. The fourth-order valence-corrected chi connectivity index (χ4v) is 3.06. The first-order valence-electron chi connectivity index (χ1n) is 9.56. The molecule has 154 valence electrons. The molecule has 0 unspecified atom stereocenters. The van der Waals surface area contributed by atoms with E-state index in [1.165, 1.54) is 6.07 Å². The highest BCUT2D eigenvalue weighted by Gasteiger charge is 2.11. The number of pyridine rings is 1. The number of rotatable bonds is 7. The molecule has 7 heteroatoms. The Bertz CT molecular complexity index is 1110. The number of aromatic nitrogens is 1. The van der Waals surface area contributed by atoms with Crippen LogP contribution in [-0.4, -0.2) is 23.3 Å². The van der Waals surface area contributed by atoms with Gasteiger partial charge in [0.25, 0.3) is 11.5 Å². The van der Waals surface area contributed by atoms with E-state index in [1.807, 2.05) is 31.2 Å². The lowest BCUT2D eigenvalue weighted by molar-refractivity contribution is -0.116. The first kappa shape index (κ1) is 21.3. The Hall–Kier alpha value is -3.38. The van der Waals surface area contributed by atoms with Crippen molar-refractivity contribution in [3.05, 3.63) is 87.2 Å². The minimum atomic E-state index is -0.467. The van der Waals surface area contributed by atoms with Crippen LogP contribution in [0.2, 0.25) is 5.02 Å². The molecule has 0 aliphatic rings. The van der Waals surface area contributed by atoms with Crippen molar-refractivity contribution in [1.29, 1.82) is 0 Å². The van der Waals surface area contributed by atoms with Crippen LogP contribution in [0.4, 0.5) is 5.69 Å². The Morgan fingerprint density at radius 3 is 2.50 bits per heavy atom. The molecule has 6 nitrogen and oxygen atoms in total. The molecule has 0 aliphatic carbocycles. The summed E-state index contributed by atoms with van der Waals surface area (Å²) in [5.41, 5.74) is 2.86. The number of halogens is 1. The van der Waals surface area contributed by atoms with Gasteiger partial charge in [0, 0.05) is 29.4 Å². The maximum atomic E-state index is 12.3. The lowest BCUT2D eigenvalue weighted by Crippen LogP contribution is -2.30. The molecule has 0 spiro atoms. The predicted molar refractivity (Wildman–Crippen MR) is 119 cm³/mol. The lowest BCUT2D eigenvalue weighted by atomic mass is 10.1. The van der Waals surface area contributed by atoms with E-state index in [9.17, 15) is 14.4 Å². The second kappa shape index (κ2) is 9.89. The number of benzene rings is 2. The zero-order chi connectivity index (χ0) is 21.5. The highest BCUT2D eigenvalue weighted by molar-refractivity contribution is 6.30. The van der Waals surface area contributed by atoms with E-state index in [-0.39, 0.29) is 24.4 Å². The Kier molecular flexibility index (Phi) is 7.03. The molecule has 1 aromatic heterocycles. The third-order valence-electron chi connectivity index (χ3n) is 4.48.